The summed E-state index contributed by atoms with van der Waals surface area (Å²) in [5.74, 6) is 1.18. The van der Waals surface area contributed by atoms with Crippen molar-refractivity contribution in [2.24, 2.45) is 5.10 Å². The van der Waals surface area contributed by atoms with Gasteiger partial charge in [0.2, 0.25) is 6.79 Å². The van der Waals surface area contributed by atoms with E-state index < -0.39 is 0 Å². The first kappa shape index (κ1) is 14.9. The van der Waals surface area contributed by atoms with Gasteiger partial charge in [0.25, 0.3) is 5.91 Å². The van der Waals surface area contributed by atoms with E-state index in [9.17, 15) is 4.79 Å². The minimum Gasteiger partial charge on any atom is -0.454 e. The van der Waals surface area contributed by atoms with Crippen LogP contribution in [0.2, 0.25) is 0 Å². The van der Waals surface area contributed by atoms with E-state index in [2.05, 4.69) is 15.8 Å². The standard InChI is InChI=1S/C17H17N3O3/c1-12-3-2-4-14(7-12)18-10-17(21)20-19-9-13-5-6-15-16(8-13)23-11-22-15/h2-9,18H,10-11H2,1H3,(H,20,21)/b19-9+. The Balaban J connectivity index is 1.48. The maximum atomic E-state index is 11.7. The minimum absolute atomic E-state index is 0.155. The Bertz CT molecular complexity index is 744. The number of carbonyl (C=O) groups is 1. The summed E-state index contributed by atoms with van der Waals surface area (Å²) >= 11 is 0. The molecular weight excluding hydrogens is 294 g/mol. The number of carbonyl (C=O) groups excluding carboxylic acids is 1. The zero-order valence-corrected chi connectivity index (χ0v) is 12.7. The summed E-state index contributed by atoms with van der Waals surface area (Å²) < 4.78 is 10.5. The van der Waals surface area contributed by atoms with Crippen molar-refractivity contribution in [2.75, 3.05) is 18.7 Å². The molecule has 6 nitrogen and oxygen atoms in total. The van der Waals surface area contributed by atoms with Gasteiger partial charge < -0.3 is 14.8 Å². The van der Waals surface area contributed by atoms with Crippen molar-refractivity contribution < 1.29 is 14.3 Å². The number of amides is 1. The van der Waals surface area contributed by atoms with Crippen LogP contribution in [0.1, 0.15) is 11.1 Å². The van der Waals surface area contributed by atoms with Crippen LogP contribution in [0.25, 0.3) is 0 Å². The normalized spacial score (nSPS) is 12.4. The number of fused-ring (bicyclic) bond motifs is 1. The van der Waals surface area contributed by atoms with E-state index in [4.69, 9.17) is 9.47 Å². The van der Waals surface area contributed by atoms with E-state index in [0.29, 0.717) is 11.5 Å². The second-order valence-corrected chi connectivity index (χ2v) is 5.13. The molecule has 118 valence electrons. The molecule has 23 heavy (non-hydrogen) atoms. The maximum Gasteiger partial charge on any atom is 0.259 e. The highest BCUT2D eigenvalue weighted by atomic mass is 16.7. The monoisotopic (exact) mass is 311 g/mol. The van der Waals surface area contributed by atoms with Gasteiger partial charge in [0.15, 0.2) is 11.5 Å². The summed E-state index contributed by atoms with van der Waals surface area (Å²) in [7, 11) is 0. The van der Waals surface area contributed by atoms with Crippen LogP contribution in [0.5, 0.6) is 11.5 Å². The number of nitrogens with one attached hydrogen (secondary N) is 2. The third-order valence-electron chi connectivity index (χ3n) is 3.27. The summed E-state index contributed by atoms with van der Waals surface area (Å²) in [6, 6.07) is 13.3. The van der Waals surface area contributed by atoms with E-state index in [1.165, 1.54) is 0 Å². The van der Waals surface area contributed by atoms with Crippen molar-refractivity contribution in [2.45, 2.75) is 6.92 Å². The van der Waals surface area contributed by atoms with Crippen LogP contribution in [0, 0.1) is 6.92 Å². The van der Waals surface area contributed by atoms with Gasteiger partial charge in [-0.15, -0.1) is 0 Å². The Morgan fingerprint density at radius 3 is 2.96 bits per heavy atom. The number of anilines is 1. The first-order valence-corrected chi connectivity index (χ1v) is 7.23. The Labute approximate surface area is 134 Å². The van der Waals surface area contributed by atoms with Crippen LogP contribution in [-0.2, 0) is 4.79 Å². The lowest BCUT2D eigenvalue weighted by atomic mass is 10.2. The molecule has 0 bridgehead atoms. The Morgan fingerprint density at radius 2 is 2.09 bits per heavy atom. The van der Waals surface area contributed by atoms with Crippen LogP contribution >= 0.6 is 0 Å². The first-order valence-electron chi connectivity index (χ1n) is 7.23. The van der Waals surface area contributed by atoms with Crippen molar-refractivity contribution in [3.8, 4) is 11.5 Å². The van der Waals surface area contributed by atoms with Gasteiger partial charge in [-0.3, -0.25) is 4.79 Å². The number of ether oxygens (including phenoxy) is 2. The van der Waals surface area contributed by atoms with Crippen molar-refractivity contribution in [3.05, 3.63) is 53.6 Å². The molecule has 2 aromatic rings. The van der Waals surface area contributed by atoms with Crippen molar-refractivity contribution >= 4 is 17.8 Å². The fourth-order valence-corrected chi connectivity index (χ4v) is 2.15. The fraction of sp³-hybridized carbons (Fsp3) is 0.176. The Morgan fingerprint density at radius 1 is 1.22 bits per heavy atom. The molecule has 0 unspecified atom stereocenters. The van der Waals surface area contributed by atoms with E-state index >= 15 is 0 Å². The molecule has 2 aromatic carbocycles. The van der Waals surface area contributed by atoms with E-state index in [1.807, 2.05) is 49.4 Å². The average Bonchev–Trinajstić information content (AvgIpc) is 3.01. The molecule has 6 heteroatoms. The van der Waals surface area contributed by atoms with Crippen LogP contribution in [0.15, 0.2) is 47.6 Å². The van der Waals surface area contributed by atoms with Crippen LogP contribution in [-0.4, -0.2) is 25.5 Å². The molecule has 1 aliphatic rings. The minimum atomic E-state index is -0.219. The Kier molecular flexibility index (Phi) is 4.42. The molecule has 1 amide bonds. The molecule has 0 aliphatic carbocycles. The second-order valence-electron chi connectivity index (χ2n) is 5.13. The van der Waals surface area contributed by atoms with Gasteiger partial charge in [0.1, 0.15) is 0 Å². The highest BCUT2D eigenvalue weighted by molar-refractivity contribution is 5.84. The summed E-state index contributed by atoms with van der Waals surface area (Å²) in [5, 5.41) is 6.98. The van der Waals surface area contributed by atoms with Gasteiger partial charge in [-0.25, -0.2) is 5.43 Å². The highest BCUT2D eigenvalue weighted by Gasteiger charge is 2.12. The number of hydrazone groups is 1. The number of aryl methyl sites for hydroxylation is 1. The van der Waals surface area contributed by atoms with E-state index in [0.717, 1.165) is 16.8 Å². The summed E-state index contributed by atoms with van der Waals surface area (Å²) in [6.07, 6.45) is 1.56. The van der Waals surface area contributed by atoms with Crippen molar-refractivity contribution in [1.82, 2.24) is 5.43 Å². The van der Waals surface area contributed by atoms with Gasteiger partial charge in [0.05, 0.1) is 12.8 Å². The van der Waals surface area contributed by atoms with Crippen LogP contribution < -0.4 is 20.2 Å². The highest BCUT2D eigenvalue weighted by Crippen LogP contribution is 2.31. The molecule has 2 N–H and O–H groups in total. The Hall–Kier alpha value is -3.02. The molecule has 0 spiro atoms. The van der Waals surface area contributed by atoms with Crippen molar-refractivity contribution in [1.29, 1.82) is 0 Å². The maximum absolute atomic E-state index is 11.7. The lowest BCUT2D eigenvalue weighted by Crippen LogP contribution is -2.25. The largest absolute Gasteiger partial charge is 0.454 e. The molecule has 3 rings (SSSR count). The zero-order chi connectivity index (χ0) is 16.1. The van der Waals surface area contributed by atoms with Gasteiger partial charge in [-0.2, -0.15) is 5.10 Å². The molecule has 1 heterocycles. The zero-order valence-electron chi connectivity index (χ0n) is 12.7. The molecule has 0 radical (unpaired) electrons. The summed E-state index contributed by atoms with van der Waals surface area (Å²) in [4.78, 5) is 11.7. The van der Waals surface area contributed by atoms with Gasteiger partial charge in [0, 0.05) is 5.69 Å². The SMILES string of the molecule is Cc1cccc(NCC(=O)N/N=C/c2ccc3c(c2)OCO3)c1. The lowest BCUT2D eigenvalue weighted by molar-refractivity contribution is -0.119. The second kappa shape index (κ2) is 6.83. The number of hydrogen-bond acceptors (Lipinski definition) is 5. The first-order chi connectivity index (χ1) is 11.2. The number of nitrogens with zero attached hydrogens (tertiary/aromatic N) is 1. The summed E-state index contributed by atoms with van der Waals surface area (Å²) in [5.41, 5.74) is 5.34. The summed E-state index contributed by atoms with van der Waals surface area (Å²) in [6.45, 7) is 2.39. The van der Waals surface area contributed by atoms with Crippen LogP contribution in [0.4, 0.5) is 5.69 Å². The van der Waals surface area contributed by atoms with Crippen molar-refractivity contribution in [3.63, 3.8) is 0 Å². The van der Waals surface area contributed by atoms with Crippen LogP contribution in [0.3, 0.4) is 0 Å². The smallest absolute Gasteiger partial charge is 0.259 e. The average molecular weight is 311 g/mol. The van der Waals surface area contributed by atoms with Gasteiger partial charge in [-0.05, 0) is 48.4 Å². The molecule has 0 saturated heterocycles. The van der Waals surface area contributed by atoms with E-state index in [1.54, 1.807) is 6.21 Å². The predicted octanol–water partition coefficient (Wildman–Crippen LogP) is 2.29. The molecular formula is C17H17N3O3. The third kappa shape index (κ3) is 4.00. The number of hydrogen-bond donors (Lipinski definition) is 2. The molecule has 0 fully saturated rings. The molecule has 0 saturated carbocycles. The lowest BCUT2D eigenvalue weighted by Gasteiger charge is -2.05. The predicted molar refractivity (Wildman–Crippen MR) is 88.0 cm³/mol. The molecule has 0 aromatic heterocycles. The number of rotatable bonds is 5. The molecule has 0 atom stereocenters. The van der Waals surface area contributed by atoms with E-state index in [-0.39, 0.29) is 19.2 Å². The topological polar surface area (TPSA) is 72.0 Å². The number of benzene rings is 2. The van der Waals surface area contributed by atoms with Gasteiger partial charge in [-0.1, -0.05) is 12.1 Å². The fourth-order valence-electron chi connectivity index (χ4n) is 2.15. The third-order valence-corrected chi connectivity index (χ3v) is 3.27. The quantitative estimate of drug-likeness (QED) is 0.656. The molecule has 1 aliphatic heterocycles. The van der Waals surface area contributed by atoms with Gasteiger partial charge >= 0.3 is 0 Å².